The lowest BCUT2D eigenvalue weighted by atomic mass is 9.93. The van der Waals surface area contributed by atoms with Crippen LogP contribution >= 0.6 is 15.9 Å². The minimum Gasteiger partial charge on any atom is -0.493 e. The molecule has 0 fully saturated rings. The highest BCUT2D eigenvalue weighted by molar-refractivity contribution is 9.10. The highest BCUT2D eigenvalue weighted by Crippen LogP contribution is 2.32. The van der Waals surface area contributed by atoms with Gasteiger partial charge in [-0.25, -0.2) is 0 Å². The third-order valence-corrected chi connectivity index (χ3v) is 4.52. The molecule has 0 aromatic heterocycles. The summed E-state index contributed by atoms with van der Waals surface area (Å²) in [5.41, 5.74) is 2.63. The molecule has 2 nitrogen and oxygen atoms in total. The topological polar surface area (TPSA) is 21.3 Å². The smallest absolute Gasteiger partial charge is 0.122 e. The van der Waals surface area contributed by atoms with Gasteiger partial charge in [0.1, 0.15) is 5.75 Å². The van der Waals surface area contributed by atoms with E-state index in [1.807, 2.05) is 12.1 Å². The Hall–Kier alpha value is -1.32. The number of benzene rings is 2. The van der Waals surface area contributed by atoms with Crippen LogP contribution in [0, 0.1) is 0 Å². The van der Waals surface area contributed by atoms with E-state index in [0.29, 0.717) is 5.92 Å². The highest BCUT2D eigenvalue weighted by Gasteiger charge is 2.20. The van der Waals surface area contributed by atoms with Crippen molar-refractivity contribution in [2.75, 3.05) is 13.2 Å². The lowest BCUT2D eigenvalue weighted by Gasteiger charge is -2.26. The van der Waals surface area contributed by atoms with Crippen LogP contribution < -0.4 is 10.1 Å². The second-order valence-electron chi connectivity index (χ2n) is 5.09. The molecule has 2 aromatic rings. The fraction of sp³-hybridized carbons (Fsp3) is 0.294. The Kier molecular flexibility index (Phi) is 4.38. The van der Waals surface area contributed by atoms with E-state index in [2.05, 4.69) is 57.6 Å². The third kappa shape index (κ3) is 3.05. The van der Waals surface area contributed by atoms with Crippen molar-refractivity contribution in [3.05, 3.63) is 64.1 Å². The van der Waals surface area contributed by atoms with Gasteiger partial charge in [0.25, 0.3) is 0 Å². The van der Waals surface area contributed by atoms with Crippen LogP contribution in [0.4, 0.5) is 0 Å². The van der Waals surface area contributed by atoms with E-state index >= 15 is 0 Å². The van der Waals surface area contributed by atoms with E-state index in [1.54, 1.807) is 0 Å². The summed E-state index contributed by atoms with van der Waals surface area (Å²) in [6.45, 7) is 2.70. The lowest BCUT2D eigenvalue weighted by Crippen LogP contribution is -2.25. The molecule has 0 radical (unpaired) electrons. The molecule has 0 saturated heterocycles. The van der Waals surface area contributed by atoms with Crippen molar-refractivity contribution in [2.24, 2.45) is 0 Å². The van der Waals surface area contributed by atoms with E-state index in [1.165, 1.54) is 15.6 Å². The van der Waals surface area contributed by atoms with Crippen LogP contribution in [0.25, 0.3) is 0 Å². The molecule has 1 aliphatic heterocycles. The van der Waals surface area contributed by atoms with Crippen LogP contribution in [0.5, 0.6) is 5.75 Å². The van der Waals surface area contributed by atoms with Gasteiger partial charge in [-0.1, -0.05) is 52.3 Å². The maximum atomic E-state index is 5.70. The Labute approximate surface area is 128 Å². The van der Waals surface area contributed by atoms with Crippen molar-refractivity contribution in [3.63, 3.8) is 0 Å². The lowest BCUT2D eigenvalue weighted by molar-refractivity contribution is 0.264. The number of fused-ring (bicyclic) bond motifs is 1. The quantitative estimate of drug-likeness (QED) is 0.910. The largest absolute Gasteiger partial charge is 0.493 e. The van der Waals surface area contributed by atoms with Gasteiger partial charge in [-0.05, 0) is 29.7 Å². The standard InChI is InChI=1S/C17H18BrNO/c18-16-7-3-1-5-14(16)12-19-11-13-9-10-20-17-8-4-2-6-15(13)17/h1-8,13,19H,9-12H2. The summed E-state index contributed by atoms with van der Waals surface area (Å²) in [5.74, 6) is 1.59. The van der Waals surface area contributed by atoms with Crippen LogP contribution in [0.1, 0.15) is 23.5 Å². The van der Waals surface area contributed by atoms with Crippen molar-refractivity contribution in [1.29, 1.82) is 0 Å². The zero-order valence-corrected chi connectivity index (χ0v) is 12.9. The fourth-order valence-electron chi connectivity index (χ4n) is 2.65. The van der Waals surface area contributed by atoms with Gasteiger partial charge in [0.15, 0.2) is 0 Å². The first-order valence-corrected chi connectivity index (χ1v) is 7.80. The summed E-state index contributed by atoms with van der Waals surface area (Å²) >= 11 is 3.59. The molecule has 1 aliphatic rings. The summed E-state index contributed by atoms with van der Waals surface area (Å²) in [6.07, 6.45) is 1.08. The van der Waals surface area contributed by atoms with Crippen LogP contribution in [-0.4, -0.2) is 13.2 Å². The number of nitrogens with one attached hydrogen (secondary N) is 1. The van der Waals surface area contributed by atoms with Gasteiger partial charge in [-0.2, -0.15) is 0 Å². The van der Waals surface area contributed by atoms with Crippen LogP contribution in [0.2, 0.25) is 0 Å². The predicted octanol–water partition coefficient (Wildman–Crippen LogP) is 4.11. The molecule has 3 heteroatoms. The molecule has 104 valence electrons. The zero-order chi connectivity index (χ0) is 13.8. The normalized spacial score (nSPS) is 17.4. The summed E-state index contributed by atoms with van der Waals surface area (Å²) < 4.78 is 6.87. The monoisotopic (exact) mass is 331 g/mol. The van der Waals surface area contributed by atoms with Crippen molar-refractivity contribution in [3.8, 4) is 5.75 Å². The van der Waals surface area contributed by atoms with Gasteiger partial charge in [0, 0.05) is 23.5 Å². The first-order valence-electron chi connectivity index (χ1n) is 7.00. The van der Waals surface area contributed by atoms with Crippen molar-refractivity contribution < 1.29 is 4.74 Å². The van der Waals surface area contributed by atoms with E-state index in [-0.39, 0.29) is 0 Å². The summed E-state index contributed by atoms with van der Waals surface area (Å²) in [4.78, 5) is 0. The number of rotatable bonds is 4. The van der Waals surface area contributed by atoms with E-state index in [9.17, 15) is 0 Å². The Balaban J connectivity index is 1.61. The van der Waals surface area contributed by atoms with Crippen LogP contribution in [0.3, 0.4) is 0 Å². The maximum absolute atomic E-state index is 5.70. The van der Waals surface area contributed by atoms with E-state index in [4.69, 9.17) is 4.74 Å². The van der Waals surface area contributed by atoms with Crippen molar-refractivity contribution >= 4 is 15.9 Å². The van der Waals surface area contributed by atoms with Crippen LogP contribution in [0.15, 0.2) is 53.0 Å². The molecule has 1 atom stereocenters. The summed E-state index contributed by atoms with van der Waals surface area (Å²) in [7, 11) is 0. The Bertz CT molecular complexity index is 585. The average Bonchev–Trinajstić information content (AvgIpc) is 2.49. The van der Waals surface area contributed by atoms with E-state index < -0.39 is 0 Å². The second-order valence-corrected chi connectivity index (χ2v) is 5.95. The first-order chi connectivity index (χ1) is 9.84. The molecule has 0 bridgehead atoms. The number of para-hydroxylation sites is 1. The number of hydrogen-bond acceptors (Lipinski definition) is 2. The predicted molar refractivity (Wildman–Crippen MR) is 85.1 cm³/mol. The molecule has 2 aromatic carbocycles. The molecular weight excluding hydrogens is 314 g/mol. The molecule has 1 unspecified atom stereocenters. The minimum atomic E-state index is 0.544. The third-order valence-electron chi connectivity index (χ3n) is 3.75. The molecular formula is C17H18BrNO. The first kappa shape index (κ1) is 13.7. The summed E-state index contributed by atoms with van der Waals surface area (Å²) in [6, 6.07) is 16.7. The number of ether oxygens (including phenoxy) is 1. The Morgan fingerprint density at radius 2 is 1.90 bits per heavy atom. The molecule has 0 amide bonds. The van der Waals surface area contributed by atoms with Gasteiger partial charge in [0.05, 0.1) is 6.61 Å². The Morgan fingerprint density at radius 1 is 1.10 bits per heavy atom. The Morgan fingerprint density at radius 3 is 2.80 bits per heavy atom. The van der Waals surface area contributed by atoms with Crippen LogP contribution in [-0.2, 0) is 6.54 Å². The zero-order valence-electron chi connectivity index (χ0n) is 11.3. The molecule has 1 heterocycles. The molecule has 0 spiro atoms. The average molecular weight is 332 g/mol. The molecule has 0 saturated carbocycles. The molecule has 0 aliphatic carbocycles. The van der Waals surface area contributed by atoms with Gasteiger partial charge >= 0.3 is 0 Å². The molecule has 20 heavy (non-hydrogen) atoms. The number of halogens is 1. The van der Waals surface area contributed by atoms with Crippen molar-refractivity contribution in [1.82, 2.24) is 5.32 Å². The summed E-state index contributed by atoms with van der Waals surface area (Å²) in [5, 5.41) is 3.57. The van der Waals surface area contributed by atoms with Crippen molar-refractivity contribution in [2.45, 2.75) is 18.9 Å². The van der Waals surface area contributed by atoms with E-state index in [0.717, 1.165) is 31.9 Å². The maximum Gasteiger partial charge on any atom is 0.122 e. The highest BCUT2D eigenvalue weighted by atomic mass is 79.9. The van der Waals surface area contributed by atoms with Gasteiger partial charge in [-0.3, -0.25) is 0 Å². The minimum absolute atomic E-state index is 0.544. The molecule has 3 rings (SSSR count). The molecule has 1 N–H and O–H groups in total. The van der Waals surface area contributed by atoms with Gasteiger partial charge in [-0.15, -0.1) is 0 Å². The van der Waals surface area contributed by atoms with Gasteiger partial charge < -0.3 is 10.1 Å². The van der Waals surface area contributed by atoms with Gasteiger partial charge in [0.2, 0.25) is 0 Å². The second kappa shape index (κ2) is 6.42. The SMILES string of the molecule is Brc1ccccc1CNCC1CCOc2ccccc21. The number of hydrogen-bond donors (Lipinski definition) is 1. The fourth-order valence-corrected chi connectivity index (χ4v) is 3.08.